The van der Waals surface area contributed by atoms with Crippen LogP contribution in [0.25, 0.3) is 11.0 Å². The zero-order valence-electron chi connectivity index (χ0n) is 13.6. The largest absolute Gasteiger partial charge is 0.487 e. The molecular weight excluding hydrogens is 435 g/mol. The Labute approximate surface area is 161 Å². The molecule has 3 rings (SSSR count). The van der Waals surface area contributed by atoms with Crippen LogP contribution in [-0.4, -0.2) is 39.6 Å². The maximum absolute atomic E-state index is 13.3. The molecule has 0 atom stereocenters. The summed E-state index contributed by atoms with van der Waals surface area (Å²) >= 11 is 2.73. The van der Waals surface area contributed by atoms with E-state index in [1.54, 1.807) is 0 Å². The highest BCUT2D eigenvalue weighted by molar-refractivity contribution is 7.98. The van der Waals surface area contributed by atoms with Gasteiger partial charge in [-0.3, -0.25) is 4.98 Å². The summed E-state index contributed by atoms with van der Waals surface area (Å²) in [4.78, 5) is 11.3. The molecule has 0 saturated carbocycles. The molecule has 3 heterocycles. The highest BCUT2D eigenvalue weighted by Crippen LogP contribution is 2.46. The lowest BCUT2D eigenvalue weighted by Crippen LogP contribution is -2.54. The summed E-state index contributed by atoms with van der Waals surface area (Å²) in [5.74, 6) is -11.7. The van der Waals surface area contributed by atoms with Crippen molar-refractivity contribution < 1.29 is 35.5 Å². The van der Waals surface area contributed by atoms with Gasteiger partial charge in [-0.2, -0.15) is 30.7 Å². The van der Waals surface area contributed by atoms with E-state index in [9.17, 15) is 30.7 Å². The van der Waals surface area contributed by atoms with E-state index in [2.05, 4.69) is 19.7 Å². The number of hydrogen-bond donors (Lipinski definition) is 1. The summed E-state index contributed by atoms with van der Waals surface area (Å²) in [6.45, 7) is -2.13. The van der Waals surface area contributed by atoms with Gasteiger partial charge in [0.05, 0.1) is 11.2 Å². The Kier molecular flexibility index (Phi) is 5.49. The lowest BCUT2D eigenvalue weighted by Gasteiger charge is -2.27. The zero-order chi connectivity index (χ0) is 20.6. The molecule has 0 unspecified atom stereocenters. The number of fused-ring (bicyclic) bond motifs is 1. The number of rotatable bonds is 7. The van der Waals surface area contributed by atoms with E-state index in [0.717, 1.165) is 17.1 Å². The predicted molar refractivity (Wildman–Crippen MR) is 89.2 cm³/mol. The molecule has 0 aliphatic carbocycles. The van der Waals surface area contributed by atoms with Crippen LogP contribution in [0.1, 0.15) is 5.69 Å². The van der Waals surface area contributed by atoms with Gasteiger partial charge in [0.2, 0.25) is 0 Å². The minimum Gasteiger partial charge on any atom is -0.487 e. The maximum atomic E-state index is 13.3. The molecule has 0 fully saturated rings. The van der Waals surface area contributed by atoms with Crippen LogP contribution in [0.3, 0.4) is 0 Å². The van der Waals surface area contributed by atoms with Crippen molar-refractivity contribution in [2.45, 2.75) is 28.9 Å². The third-order valence-corrected chi connectivity index (χ3v) is 5.12. The molecule has 28 heavy (non-hydrogen) atoms. The van der Waals surface area contributed by atoms with E-state index in [-0.39, 0.29) is 11.5 Å². The molecule has 0 saturated heterocycles. The van der Waals surface area contributed by atoms with Crippen molar-refractivity contribution in [1.82, 2.24) is 15.0 Å². The minimum absolute atomic E-state index is 0.242. The van der Waals surface area contributed by atoms with E-state index in [0.29, 0.717) is 10.9 Å². The molecule has 4 nitrogen and oxygen atoms in total. The Morgan fingerprint density at radius 3 is 2.54 bits per heavy atom. The molecule has 0 spiro atoms. The van der Waals surface area contributed by atoms with Crippen molar-refractivity contribution in [2.24, 2.45) is 0 Å². The van der Waals surface area contributed by atoms with Crippen LogP contribution in [0, 0.1) is 0 Å². The van der Waals surface area contributed by atoms with E-state index in [1.165, 1.54) is 35.4 Å². The molecular formula is C15H10F7N3OS2. The smallest absolute Gasteiger partial charge is 0.460 e. The number of H-pyrrole nitrogens is 1. The number of nitrogens with zero attached hydrogens (tertiary/aromatic N) is 2. The number of thioether (sulfide) groups is 1. The summed E-state index contributed by atoms with van der Waals surface area (Å²) < 4.78 is 93.2. The normalized spacial score (nSPS) is 13.2. The van der Waals surface area contributed by atoms with Gasteiger partial charge in [-0.15, -0.1) is 11.3 Å². The average Bonchev–Trinajstić information content (AvgIpc) is 3.19. The van der Waals surface area contributed by atoms with E-state index in [4.69, 9.17) is 0 Å². The van der Waals surface area contributed by atoms with Gasteiger partial charge in [0.1, 0.15) is 11.3 Å². The molecule has 3 aromatic heterocycles. The SMILES string of the molecule is FC(F)(F)C(F)(F)C(F)(F)COc1ccnc(CSc2nc3cscc3[nH]2)c1. The zero-order valence-corrected chi connectivity index (χ0v) is 15.2. The number of halogens is 7. The van der Waals surface area contributed by atoms with Gasteiger partial charge < -0.3 is 9.72 Å². The number of imidazole rings is 1. The fraction of sp³-hybridized carbons (Fsp3) is 0.333. The lowest BCUT2D eigenvalue weighted by atomic mass is 10.2. The van der Waals surface area contributed by atoms with Crippen molar-refractivity contribution in [3.63, 3.8) is 0 Å². The Morgan fingerprint density at radius 2 is 1.86 bits per heavy atom. The molecule has 0 radical (unpaired) electrons. The Bertz CT molecular complexity index is 926. The molecule has 0 aliphatic rings. The quantitative estimate of drug-likeness (QED) is 0.384. The van der Waals surface area contributed by atoms with Gasteiger partial charge in [0.25, 0.3) is 0 Å². The van der Waals surface area contributed by atoms with Crippen LogP contribution in [0.2, 0.25) is 0 Å². The molecule has 0 aromatic carbocycles. The third kappa shape index (κ3) is 4.19. The van der Waals surface area contributed by atoms with Crippen LogP contribution in [0.15, 0.2) is 34.2 Å². The predicted octanol–water partition coefficient (Wildman–Crippen LogP) is 5.52. The average molecular weight is 445 g/mol. The van der Waals surface area contributed by atoms with Gasteiger partial charge in [0.15, 0.2) is 11.8 Å². The molecule has 0 aliphatic heterocycles. The Balaban J connectivity index is 1.62. The second-order valence-corrected chi connectivity index (χ2v) is 7.26. The van der Waals surface area contributed by atoms with E-state index >= 15 is 0 Å². The molecule has 0 amide bonds. The highest BCUT2D eigenvalue weighted by atomic mass is 32.2. The van der Waals surface area contributed by atoms with Gasteiger partial charge in [-0.25, -0.2) is 4.98 Å². The highest BCUT2D eigenvalue weighted by Gasteiger charge is 2.73. The van der Waals surface area contributed by atoms with Crippen molar-refractivity contribution >= 4 is 34.1 Å². The molecule has 0 bridgehead atoms. The van der Waals surface area contributed by atoms with Crippen molar-refractivity contribution in [2.75, 3.05) is 6.61 Å². The Morgan fingerprint density at radius 1 is 1.11 bits per heavy atom. The van der Waals surface area contributed by atoms with Crippen molar-refractivity contribution in [1.29, 1.82) is 0 Å². The van der Waals surface area contributed by atoms with Gasteiger partial charge in [-0.1, -0.05) is 11.8 Å². The second kappa shape index (κ2) is 7.43. The van der Waals surface area contributed by atoms with Crippen LogP contribution >= 0.6 is 23.1 Å². The third-order valence-electron chi connectivity index (χ3n) is 3.49. The summed E-state index contributed by atoms with van der Waals surface area (Å²) in [5, 5.41) is 4.30. The van der Waals surface area contributed by atoms with Crippen LogP contribution < -0.4 is 4.74 Å². The maximum Gasteiger partial charge on any atom is 0.460 e. The van der Waals surface area contributed by atoms with Crippen LogP contribution in [-0.2, 0) is 5.75 Å². The molecule has 1 N–H and O–H groups in total. The van der Waals surface area contributed by atoms with E-state index < -0.39 is 24.6 Å². The number of aromatic amines is 1. The first-order valence-corrected chi connectivity index (χ1v) is 9.37. The van der Waals surface area contributed by atoms with E-state index in [1.807, 2.05) is 10.8 Å². The number of thiophene rings is 1. The first kappa shape index (κ1) is 20.7. The monoisotopic (exact) mass is 445 g/mol. The summed E-state index contributed by atoms with van der Waals surface area (Å²) in [7, 11) is 0. The molecule has 3 aromatic rings. The minimum atomic E-state index is -6.39. The Hall–Kier alpha value is -2.02. The number of alkyl halides is 7. The lowest BCUT2D eigenvalue weighted by molar-refractivity contribution is -0.358. The first-order valence-electron chi connectivity index (χ1n) is 7.44. The van der Waals surface area contributed by atoms with Gasteiger partial charge in [-0.05, 0) is 6.07 Å². The van der Waals surface area contributed by atoms with Crippen LogP contribution in [0.4, 0.5) is 30.7 Å². The van der Waals surface area contributed by atoms with Crippen molar-refractivity contribution in [3.05, 3.63) is 34.8 Å². The fourth-order valence-electron chi connectivity index (χ4n) is 2.03. The number of ether oxygens (including phenoxy) is 1. The number of aromatic nitrogens is 3. The first-order chi connectivity index (χ1) is 13.0. The number of hydrogen-bond acceptors (Lipinski definition) is 5. The fourth-order valence-corrected chi connectivity index (χ4v) is 3.51. The topological polar surface area (TPSA) is 50.8 Å². The van der Waals surface area contributed by atoms with Crippen molar-refractivity contribution in [3.8, 4) is 5.75 Å². The second-order valence-electron chi connectivity index (χ2n) is 5.55. The summed E-state index contributed by atoms with van der Waals surface area (Å²) in [6.07, 6.45) is -5.22. The summed E-state index contributed by atoms with van der Waals surface area (Å²) in [5.41, 5.74) is 1.98. The van der Waals surface area contributed by atoms with Gasteiger partial charge in [0, 0.05) is 28.8 Å². The summed E-state index contributed by atoms with van der Waals surface area (Å²) in [6, 6.07) is 2.26. The van der Waals surface area contributed by atoms with Crippen LogP contribution in [0.5, 0.6) is 5.75 Å². The number of pyridine rings is 1. The standard InChI is InChI=1S/C15H10F7N3OS2/c16-13(17,14(18,19)15(20,21)22)7-26-9-1-2-23-8(3-9)4-28-12-24-10-5-27-6-11(10)25-12/h1-3,5-6H,4,7H2,(H,24,25). The molecule has 13 heteroatoms. The van der Waals surface area contributed by atoms with Gasteiger partial charge >= 0.3 is 18.0 Å². The number of nitrogens with one attached hydrogen (secondary N) is 1. The molecule has 152 valence electrons.